The lowest BCUT2D eigenvalue weighted by molar-refractivity contribution is -0.131. The van der Waals surface area contributed by atoms with Gasteiger partial charge in [0.05, 0.1) is 0 Å². The number of hydrogen-bond donors (Lipinski definition) is 0. The maximum atomic E-state index is 12.0. The first-order chi connectivity index (χ1) is 7.24. The first-order valence-corrected chi connectivity index (χ1v) is 8.74. The van der Waals surface area contributed by atoms with Crippen LogP contribution >= 0.6 is 0 Å². The summed E-state index contributed by atoms with van der Waals surface area (Å²) >= 11 is 0. The van der Waals surface area contributed by atoms with Crippen molar-refractivity contribution in [1.82, 2.24) is 0 Å². The average molecular weight is 238 g/mol. The Morgan fingerprint density at radius 2 is 2.00 bits per heavy atom. The number of carbonyl (C=O) groups excluding carboxylic acids is 1. The molecule has 2 nitrogen and oxygen atoms in total. The topological polar surface area (TPSA) is 26.3 Å². The molecule has 0 N–H and O–H groups in total. The Morgan fingerprint density at radius 3 is 2.44 bits per heavy atom. The van der Waals surface area contributed by atoms with Crippen molar-refractivity contribution in [3.8, 4) is 0 Å². The van der Waals surface area contributed by atoms with E-state index in [4.69, 9.17) is 4.43 Å². The molecule has 0 aromatic rings. The van der Waals surface area contributed by atoms with Gasteiger partial charge in [-0.25, -0.2) is 4.79 Å². The summed E-state index contributed by atoms with van der Waals surface area (Å²) in [5, 5.41) is 0.0771. The molecule has 0 unspecified atom stereocenters. The van der Waals surface area contributed by atoms with Crippen molar-refractivity contribution in [2.75, 3.05) is 0 Å². The summed E-state index contributed by atoms with van der Waals surface area (Å²) in [6, 6.07) is 0. The van der Waals surface area contributed by atoms with Gasteiger partial charge in [-0.15, -0.1) is 0 Å². The quantitative estimate of drug-likeness (QED) is 0.684. The van der Waals surface area contributed by atoms with Gasteiger partial charge in [0, 0.05) is 5.57 Å². The Balaban J connectivity index is 2.71. The monoisotopic (exact) mass is 238 g/mol. The summed E-state index contributed by atoms with van der Waals surface area (Å²) in [4.78, 5) is 12.0. The first kappa shape index (κ1) is 13.2. The zero-order valence-electron chi connectivity index (χ0n) is 11.0. The molecule has 0 atom stereocenters. The third kappa shape index (κ3) is 3.08. The van der Waals surface area contributed by atoms with E-state index in [1.807, 2.05) is 12.2 Å². The minimum atomic E-state index is -1.97. The van der Waals surface area contributed by atoms with Crippen LogP contribution in [0, 0.1) is 0 Å². The third-order valence-corrected chi connectivity index (χ3v) is 7.74. The zero-order valence-corrected chi connectivity index (χ0v) is 12.0. The van der Waals surface area contributed by atoms with E-state index in [1.54, 1.807) is 0 Å². The van der Waals surface area contributed by atoms with Crippen LogP contribution in [0.25, 0.3) is 0 Å². The molecular formula is C13H22O2Si. The number of carbonyl (C=O) groups is 1. The second kappa shape index (κ2) is 4.58. The van der Waals surface area contributed by atoms with E-state index in [0.717, 1.165) is 18.4 Å². The molecule has 3 heteroatoms. The molecule has 0 aromatic carbocycles. The summed E-state index contributed by atoms with van der Waals surface area (Å²) in [6.07, 6.45) is 7.64. The molecule has 90 valence electrons. The molecule has 16 heavy (non-hydrogen) atoms. The molecule has 0 radical (unpaired) electrons. The normalized spacial score (nSPS) is 16.9. The SMILES string of the molecule is CC(C)(C)[Si](C)(C)OC(=O)C1=CC=CCC1. The van der Waals surface area contributed by atoms with E-state index in [0.29, 0.717) is 0 Å². The van der Waals surface area contributed by atoms with Crippen LogP contribution in [0.3, 0.4) is 0 Å². The number of hydrogen-bond acceptors (Lipinski definition) is 2. The first-order valence-electron chi connectivity index (χ1n) is 5.83. The summed E-state index contributed by atoms with van der Waals surface area (Å²) in [5.41, 5.74) is 0.812. The summed E-state index contributed by atoms with van der Waals surface area (Å²) < 4.78 is 5.74. The molecule has 0 spiro atoms. The molecule has 0 amide bonds. The van der Waals surface area contributed by atoms with Gasteiger partial charge in [-0.05, 0) is 31.0 Å². The maximum Gasteiger partial charge on any atom is 0.320 e. The van der Waals surface area contributed by atoms with Crippen LogP contribution in [0.1, 0.15) is 33.6 Å². The van der Waals surface area contributed by atoms with E-state index >= 15 is 0 Å². The van der Waals surface area contributed by atoms with Gasteiger partial charge in [0.25, 0.3) is 8.32 Å². The van der Waals surface area contributed by atoms with Crippen molar-refractivity contribution >= 4 is 14.3 Å². The summed E-state index contributed by atoms with van der Waals surface area (Å²) in [6.45, 7) is 10.6. The number of allylic oxidation sites excluding steroid dienone is 3. The zero-order chi connectivity index (χ0) is 12.4. The maximum absolute atomic E-state index is 12.0. The van der Waals surface area contributed by atoms with Crippen molar-refractivity contribution in [1.29, 1.82) is 0 Å². The fraction of sp³-hybridized carbons (Fsp3) is 0.615. The molecule has 0 heterocycles. The van der Waals surface area contributed by atoms with Gasteiger partial charge in [-0.1, -0.05) is 39.0 Å². The Bertz CT molecular complexity index is 332. The third-order valence-electron chi connectivity index (χ3n) is 3.43. The second-order valence-corrected chi connectivity index (χ2v) is 10.5. The average Bonchev–Trinajstić information content (AvgIpc) is 2.16. The van der Waals surface area contributed by atoms with Gasteiger partial charge in [0.15, 0.2) is 0 Å². The Labute approximate surface area is 99.5 Å². The van der Waals surface area contributed by atoms with Crippen molar-refractivity contribution in [2.45, 2.75) is 51.7 Å². The highest BCUT2D eigenvalue weighted by atomic mass is 28.4. The van der Waals surface area contributed by atoms with Gasteiger partial charge < -0.3 is 4.43 Å². The van der Waals surface area contributed by atoms with E-state index in [1.165, 1.54) is 0 Å². The lowest BCUT2D eigenvalue weighted by Crippen LogP contribution is -2.43. The van der Waals surface area contributed by atoms with Crippen LogP contribution in [0.4, 0.5) is 0 Å². The Kier molecular flexibility index (Phi) is 3.78. The highest BCUT2D eigenvalue weighted by Crippen LogP contribution is 2.37. The molecule has 0 saturated carbocycles. The van der Waals surface area contributed by atoms with E-state index in [9.17, 15) is 4.79 Å². The van der Waals surface area contributed by atoms with Crippen molar-refractivity contribution in [3.63, 3.8) is 0 Å². The van der Waals surface area contributed by atoms with Gasteiger partial charge in [-0.2, -0.15) is 0 Å². The van der Waals surface area contributed by atoms with E-state index < -0.39 is 8.32 Å². The summed E-state index contributed by atoms with van der Waals surface area (Å²) in [7, 11) is -1.97. The Hall–Kier alpha value is -0.833. The summed E-state index contributed by atoms with van der Waals surface area (Å²) in [5.74, 6) is -0.115. The standard InChI is InChI=1S/C13H22O2Si/c1-13(2,3)16(4,5)15-12(14)11-9-7-6-8-10-11/h6-7,9H,8,10H2,1-5H3. The molecule has 1 aliphatic carbocycles. The minimum absolute atomic E-state index is 0.0771. The molecule has 0 saturated heterocycles. The highest BCUT2D eigenvalue weighted by Gasteiger charge is 2.40. The van der Waals surface area contributed by atoms with E-state index in [-0.39, 0.29) is 11.0 Å². The smallest absolute Gasteiger partial charge is 0.320 e. The van der Waals surface area contributed by atoms with Gasteiger partial charge in [0.2, 0.25) is 0 Å². The minimum Gasteiger partial charge on any atom is -0.516 e. The van der Waals surface area contributed by atoms with Gasteiger partial charge >= 0.3 is 5.97 Å². The van der Waals surface area contributed by atoms with Crippen LogP contribution in [-0.2, 0) is 9.22 Å². The van der Waals surface area contributed by atoms with Crippen molar-refractivity contribution in [2.24, 2.45) is 0 Å². The highest BCUT2D eigenvalue weighted by molar-refractivity contribution is 6.75. The molecule has 0 fully saturated rings. The lowest BCUT2D eigenvalue weighted by Gasteiger charge is -2.35. The van der Waals surface area contributed by atoms with Crippen molar-refractivity contribution < 1.29 is 9.22 Å². The van der Waals surface area contributed by atoms with Crippen molar-refractivity contribution in [3.05, 3.63) is 23.8 Å². The second-order valence-electron chi connectivity index (χ2n) is 5.81. The molecule has 0 bridgehead atoms. The largest absolute Gasteiger partial charge is 0.516 e. The Morgan fingerprint density at radius 1 is 1.38 bits per heavy atom. The fourth-order valence-electron chi connectivity index (χ4n) is 1.22. The van der Waals surface area contributed by atoms with Crippen LogP contribution in [0.15, 0.2) is 23.8 Å². The molecule has 0 aliphatic heterocycles. The predicted molar refractivity (Wildman–Crippen MR) is 69.7 cm³/mol. The number of rotatable bonds is 2. The van der Waals surface area contributed by atoms with Gasteiger partial charge in [0.1, 0.15) is 0 Å². The van der Waals surface area contributed by atoms with Crippen LogP contribution in [0.2, 0.25) is 18.1 Å². The predicted octanol–water partition coefficient (Wildman–Crippen LogP) is 3.81. The molecule has 1 aliphatic rings. The van der Waals surface area contributed by atoms with Crippen LogP contribution in [0.5, 0.6) is 0 Å². The van der Waals surface area contributed by atoms with E-state index in [2.05, 4.69) is 39.9 Å². The molecule has 0 aromatic heterocycles. The van der Waals surface area contributed by atoms with Crippen LogP contribution in [-0.4, -0.2) is 14.3 Å². The van der Waals surface area contributed by atoms with Gasteiger partial charge in [-0.3, -0.25) is 0 Å². The molecular weight excluding hydrogens is 216 g/mol. The lowest BCUT2D eigenvalue weighted by atomic mass is 10.1. The van der Waals surface area contributed by atoms with Crippen LogP contribution < -0.4 is 0 Å². The molecule has 1 rings (SSSR count). The fourth-order valence-corrected chi connectivity index (χ4v) is 2.12.